The summed E-state index contributed by atoms with van der Waals surface area (Å²) in [6, 6.07) is 6.23. The maximum Gasteiger partial charge on any atom is 0.226 e. The van der Waals surface area contributed by atoms with E-state index < -0.39 is 0 Å². The lowest BCUT2D eigenvalue weighted by Gasteiger charge is -2.15. The molecule has 1 amide bonds. The fourth-order valence-electron chi connectivity index (χ4n) is 2.94. The van der Waals surface area contributed by atoms with Crippen LogP contribution in [0, 0.1) is 0 Å². The van der Waals surface area contributed by atoms with Crippen LogP contribution in [0.4, 0.5) is 0 Å². The number of rotatable bonds is 3. The highest BCUT2D eigenvalue weighted by Crippen LogP contribution is 2.17. The van der Waals surface area contributed by atoms with E-state index in [2.05, 4.69) is 10.3 Å². The predicted octanol–water partition coefficient (Wildman–Crippen LogP) is 2.72. The Morgan fingerprint density at radius 3 is 2.80 bits per heavy atom. The summed E-state index contributed by atoms with van der Waals surface area (Å²) in [7, 11) is 0. The quantitative estimate of drug-likeness (QED) is 0.872. The highest BCUT2D eigenvalue weighted by atomic mass is 16.1. The smallest absolute Gasteiger partial charge is 0.226 e. The largest absolute Gasteiger partial charge is 0.353 e. The van der Waals surface area contributed by atoms with E-state index in [9.17, 15) is 4.79 Å². The van der Waals surface area contributed by atoms with E-state index >= 15 is 0 Å². The molecule has 1 saturated carbocycles. The molecule has 4 heteroatoms. The van der Waals surface area contributed by atoms with Crippen molar-refractivity contribution < 1.29 is 4.79 Å². The molecule has 0 bridgehead atoms. The average molecular weight is 271 g/mol. The molecule has 1 N–H and O–H groups in total. The van der Waals surface area contributed by atoms with Gasteiger partial charge in [0.25, 0.3) is 0 Å². The first-order chi connectivity index (χ1) is 9.81. The third-order valence-electron chi connectivity index (χ3n) is 3.98. The molecule has 2 heterocycles. The third kappa shape index (κ3) is 3.18. The van der Waals surface area contributed by atoms with Crippen LogP contribution >= 0.6 is 0 Å². The second-order valence-corrected chi connectivity index (χ2v) is 5.63. The number of carbonyl (C=O) groups excluding carboxylic acids is 1. The Morgan fingerprint density at radius 1 is 1.25 bits per heavy atom. The van der Waals surface area contributed by atoms with Crippen LogP contribution in [0.3, 0.4) is 0 Å². The van der Waals surface area contributed by atoms with E-state index in [4.69, 9.17) is 0 Å². The molecule has 2 aromatic rings. The van der Waals surface area contributed by atoms with Gasteiger partial charge in [-0.15, -0.1) is 0 Å². The van der Waals surface area contributed by atoms with Gasteiger partial charge in [0.2, 0.25) is 5.91 Å². The number of pyridine rings is 1. The molecule has 0 radical (unpaired) electrons. The molecule has 20 heavy (non-hydrogen) atoms. The molecule has 0 saturated heterocycles. The lowest BCUT2D eigenvalue weighted by Crippen LogP contribution is -2.35. The van der Waals surface area contributed by atoms with Crippen molar-refractivity contribution in [3.8, 4) is 0 Å². The lowest BCUT2D eigenvalue weighted by atomic mass is 10.1. The van der Waals surface area contributed by atoms with E-state index in [1.54, 1.807) is 0 Å². The van der Waals surface area contributed by atoms with E-state index in [-0.39, 0.29) is 5.91 Å². The lowest BCUT2D eigenvalue weighted by molar-refractivity contribution is -0.121. The minimum atomic E-state index is 0.0975. The van der Waals surface area contributed by atoms with Crippen LogP contribution < -0.4 is 5.32 Å². The minimum absolute atomic E-state index is 0.0975. The molecule has 1 aliphatic rings. The number of fused-ring (bicyclic) bond motifs is 1. The van der Waals surface area contributed by atoms with Gasteiger partial charge in [0.1, 0.15) is 5.65 Å². The maximum absolute atomic E-state index is 12.1. The van der Waals surface area contributed by atoms with Crippen molar-refractivity contribution in [1.29, 1.82) is 0 Å². The van der Waals surface area contributed by atoms with Gasteiger partial charge < -0.3 is 9.72 Å². The Morgan fingerprint density at radius 2 is 2.05 bits per heavy atom. The number of hydrogen-bond donors (Lipinski definition) is 1. The van der Waals surface area contributed by atoms with E-state index in [1.807, 2.05) is 35.0 Å². The van der Waals surface area contributed by atoms with Crippen LogP contribution in [0.1, 0.15) is 44.2 Å². The molecule has 106 valence electrons. The number of carbonyl (C=O) groups is 1. The van der Waals surface area contributed by atoms with Gasteiger partial charge in [0, 0.05) is 18.4 Å². The zero-order valence-corrected chi connectivity index (χ0v) is 11.7. The van der Waals surface area contributed by atoms with Gasteiger partial charge >= 0.3 is 0 Å². The molecule has 2 aromatic heterocycles. The Balaban J connectivity index is 1.60. The van der Waals surface area contributed by atoms with Gasteiger partial charge in [0.15, 0.2) is 0 Å². The van der Waals surface area contributed by atoms with Crippen molar-refractivity contribution in [3.05, 3.63) is 36.3 Å². The summed E-state index contributed by atoms with van der Waals surface area (Å²) in [5.74, 6) is 0.0975. The Labute approximate surface area is 119 Å². The van der Waals surface area contributed by atoms with Crippen LogP contribution in [0.15, 0.2) is 30.6 Å². The van der Waals surface area contributed by atoms with Gasteiger partial charge in [0.05, 0.1) is 12.1 Å². The zero-order valence-electron chi connectivity index (χ0n) is 11.7. The molecule has 0 atom stereocenters. The SMILES string of the molecule is O=C(Cc1cn2ccccc2n1)NC1CCCCCC1. The van der Waals surface area contributed by atoms with Crippen LogP contribution in [0.25, 0.3) is 5.65 Å². The molecule has 1 fully saturated rings. The zero-order chi connectivity index (χ0) is 13.8. The fraction of sp³-hybridized carbons (Fsp3) is 0.500. The van der Waals surface area contributed by atoms with Crippen molar-refractivity contribution in [2.75, 3.05) is 0 Å². The predicted molar refractivity (Wildman–Crippen MR) is 78.5 cm³/mol. The van der Waals surface area contributed by atoms with E-state index in [0.717, 1.165) is 24.2 Å². The van der Waals surface area contributed by atoms with E-state index in [1.165, 1.54) is 25.7 Å². The average Bonchev–Trinajstić information content (AvgIpc) is 2.66. The summed E-state index contributed by atoms with van der Waals surface area (Å²) in [5, 5.41) is 3.16. The van der Waals surface area contributed by atoms with Gasteiger partial charge in [-0.3, -0.25) is 4.79 Å². The Kier molecular flexibility index (Phi) is 4.00. The first kappa shape index (κ1) is 13.2. The Hall–Kier alpha value is -1.84. The topological polar surface area (TPSA) is 46.4 Å². The summed E-state index contributed by atoms with van der Waals surface area (Å²) >= 11 is 0. The number of amides is 1. The number of imidazole rings is 1. The normalized spacial score (nSPS) is 17.0. The van der Waals surface area contributed by atoms with Crippen molar-refractivity contribution in [1.82, 2.24) is 14.7 Å². The van der Waals surface area contributed by atoms with Gasteiger partial charge in [-0.25, -0.2) is 4.98 Å². The number of nitrogens with one attached hydrogen (secondary N) is 1. The minimum Gasteiger partial charge on any atom is -0.353 e. The monoisotopic (exact) mass is 271 g/mol. The van der Waals surface area contributed by atoms with Crippen molar-refractivity contribution in [2.45, 2.75) is 51.0 Å². The van der Waals surface area contributed by atoms with Crippen molar-refractivity contribution in [2.24, 2.45) is 0 Å². The molecular formula is C16H21N3O. The van der Waals surface area contributed by atoms with Crippen LogP contribution in [-0.2, 0) is 11.2 Å². The Bertz CT molecular complexity index is 549. The highest BCUT2D eigenvalue weighted by molar-refractivity contribution is 5.78. The summed E-state index contributed by atoms with van der Waals surface area (Å²) < 4.78 is 1.95. The van der Waals surface area contributed by atoms with Crippen LogP contribution in [0.2, 0.25) is 0 Å². The summed E-state index contributed by atoms with van der Waals surface area (Å²) in [4.78, 5) is 16.6. The molecule has 3 rings (SSSR count). The van der Waals surface area contributed by atoms with E-state index in [0.29, 0.717) is 12.5 Å². The highest BCUT2D eigenvalue weighted by Gasteiger charge is 2.15. The second-order valence-electron chi connectivity index (χ2n) is 5.63. The van der Waals surface area contributed by atoms with Crippen molar-refractivity contribution in [3.63, 3.8) is 0 Å². The third-order valence-corrected chi connectivity index (χ3v) is 3.98. The summed E-state index contributed by atoms with van der Waals surface area (Å²) in [6.07, 6.45) is 11.6. The number of aromatic nitrogens is 2. The number of nitrogens with zero attached hydrogens (tertiary/aromatic N) is 2. The second kappa shape index (κ2) is 6.07. The first-order valence-electron chi connectivity index (χ1n) is 7.53. The molecule has 1 aliphatic carbocycles. The molecule has 0 aliphatic heterocycles. The summed E-state index contributed by atoms with van der Waals surface area (Å²) in [6.45, 7) is 0. The molecule has 0 aromatic carbocycles. The maximum atomic E-state index is 12.1. The first-order valence-corrected chi connectivity index (χ1v) is 7.53. The number of hydrogen-bond acceptors (Lipinski definition) is 2. The van der Waals surface area contributed by atoms with Gasteiger partial charge in [-0.1, -0.05) is 31.7 Å². The molecule has 0 spiro atoms. The fourth-order valence-corrected chi connectivity index (χ4v) is 2.94. The van der Waals surface area contributed by atoms with Crippen LogP contribution in [0.5, 0.6) is 0 Å². The molecule has 0 unspecified atom stereocenters. The standard InChI is InChI=1S/C16H21N3O/c20-16(18-13-7-3-1-2-4-8-13)11-14-12-19-10-6-5-9-15(19)17-14/h5-6,9-10,12-13H,1-4,7-8,11H2,(H,18,20). The summed E-state index contributed by atoms with van der Waals surface area (Å²) in [5.41, 5.74) is 1.73. The molecular weight excluding hydrogens is 250 g/mol. The van der Waals surface area contributed by atoms with Gasteiger partial charge in [-0.2, -0.15) is 0 Å². The molecule has 4 nitrogen and oxygen atoms in total. The van der Waals surface area contributed by atoms with Crippen molar-refractivity contribution >= 4 is 11.6 Å². The van der Waals surface area contributed by atoms with Gasteiger partial charge in [-0.05, 0) is 25.0 Å². The van der Waals surface area contributed by atoms with Crippen LogP contribution in [-0.4, -0.2) is 21.3 Å².